The predicted molar refractivity (Wildman–Crippen MR) is 224 cm³/mol. The van der Waals surface area contributed by atoms with Gasteiger partial charge in [-0.2, -0.15) is 0 Å². The molecule has 11 nitrogen and oxygen atoms in total. The second-order valence-electron chi connectivity index (χ2n) is 15.8. The third-order valence-electron chi connectivity index (χ3n) is 10.4. The summed E-state index contributed by atoms with van der Waals surface area (Å²) in [6.07, 6.45) is 0.703. The quantitative estimate of drug-likeness (QED) is 0.0462. The number of unbranched alkanes of at least 4 members (excludes halogenated alkanes) is 1. The van der Waals surface area contributed by atoms with Crippen molar-refractivity contribution in [3.05, 3.63) is 137 Å². The average molecular weight is 791 g/mol. The van der Waals surface area contributed by atoms with Gasteiger partial charge in [0.05, 0.1) is 19.1 Å². The Hall–Kier alpha value is -5.52. The van der Waals surface area contributed by atoms with E-state index in [9.17, 15) is 24.3 Å². The number of fused-ring (bicyclic) bond motifs is 1. The number of ketones is 1. The summed E-state index contributed by atoms with van der Waals surface area (Å²) in [6, 6.07) is 34.3. The summed E-state index contributed by atoms with van der Waals surface area (Å²) in [5.41, 5.74) is 4.10. The molecule has 4 aromatic carbocycles. The molecular formula is C47H58N4O7. The van der Waals surface area contributed by atoms with Crippen molar-refractivity contribution < 1.29 is 33.8 Å². The lowest BCUT2D eigenvalue weighted by Crippen LogP contribution is -2.55. The molecule has 0 aliphatic carbocycles. The van der Waals surface area contributed by atoms with Gasteiger partial charge < -0.3 is 30.1 Å². The largest absolute Gasteiger partial charge is 0.497 e. The van der Waals surface area contributed by atoms with Crippen LogP contribution in [0.25, 0.3) is 0 Å². The van der Waals surface area contributed by atoms with E-state index in [2.05, 4.69) is 40.2 Å². The lowest BCUT2D eigenvalue weighted by Gasteiger charge is -2.39. The molecule has 1 aliphatic rings. The van der Waals surface area contributed by atoms with Crippen LogP contribution in [0.4, 0.5) is 4.79 Å². The third kappa shape index (κ3) is 13.0. The lowest BCUT2D eigenvalue weighted by atomic mass is 9.91. The minimum absolute atomic E-state index is 0.0223. The minimum atomic E-state index is -1.02. The Balaban J connectivity index is 1.17. The van der Waals surface area contributed by atoms with Crippen LogP contribution in [0.2, 0.25) is 0 Å². The van der Waals surface area contributed by atoms with Crippen LogP contribution in [0.1, 0.15) is 91.4 Å². The van der Waals surface area contributed by atoms with Gasteiger partial charge in [-0.15, -0.1) is 0 Å². The van der Waals surface area contributed by atoms with Crippen LogP contribution in [-0.2, 0) is 27.3 Å². The van der Waals surface area contributed by atoms with Gasteiger partial charge in [0, 0.05) is 44.0 Å². The third-order valence-corrected chi connectivity index (χ3v) is 10.4. The van der Waals surface area contributed by atoms with Gasteiger partial charge in [0.15, 0.2) is 5.78 Å². The number of hydrogen-bond donors (Lipinski definition) is 4. The van der Waals surface area contributed by atoms with Crippen LogP contribution in [0, 0.1) is 5.92 Å². The smallest absolute Gasteiger partial charge is 0.407 e. The molecule has 308 valence electrons. The molecule has 0 bridgehead atoms. The van der Waals surface area contributed by atoms with Crippen molar-refractivity contribution in [3.63, 3.8) is 0 Å². The van der Waals surface area contributed by atoms with Crippen molar-refractivity contribution in [1.82, 2.24) is 20.9 Å². The number of carbonyl (C=O) groups is 4. The molecule has 1 aliphatic heterocycles. The Morgan fingerprint density at radius 1 is 0.776 bits per heavy atom. The van der Waals surface area contributed by atoms with Crippen molar-refractivity contribution in [2.75, 3.05) is 26.7 Å². The fourth-order valence-electron chi connectivity index (χ4n) is 7.28. The standard InChI is InChI=1S/C47H58N4O7/c1-47(2,3)58-46(56)50-30-37(44(54)49-31-40(33-15-7-5-8-16-33)34-17-9-6-10-18-34)20-13-14-28-48-45(55)41-29-36-19-11-12-21-38(36)32-51(41)43(53)27-26-42(52)35-22-24-39(57-4)25-23-35/h5-12,15-19,21-25,37,40-41,45,48,55H,13-14,20,26-32H2,1-4H3,(H,49,54)(H,50,56)/t37-,41+,45?/m1/s1. The number of alkyl carbamates (subject to hydrolysis) is 1. The SMILES string of the molecule is COc1ccc(C(=O)CCC(=O)N2Cc3ccccc3C[C@H]2C(O)NCCCC[C@H](CNC(=O)OC(C)(C)C)C(=O)NCC(c2ccccc2)c2ccccc2)cc1. The van der Waals surface area contributed by atoms with E-state index in [1.165, 1.54) is 0 Å². The molecule has 3 atom stereocenters. The predicted octanol–water partition coefficient (Wildman–Crippen LogP) is 6.78. The second kappa shape index (κ2) is 21.3. The van der Waals surface area contributed by atoms with Crippen molar-refractivity contribution in [3.8, 4) is 5.75 Å². The average Bonchev–Trinajstić information content (AvgIpc) is 3.23. The van der Waals surface area contributed by atoms with E-state index in [4.69, 9.17) is 9.47 Å². The van der Waals surface area contributed by atoms with Gasteiger partial charge in [-0.3, -0.25) is 19.7 Å². The molecule has 0 fully saturated rings. The lowest BCUT2D eigenvalue weighted by molar-refractivity contribution is -0.138. The maximum atomic E-state index is 13.8. The molecule has 0 radical (unpaired) electrons. The highest BCUT2D eigenvalue weighted by atomic mass is 16.6. The first-order valence-electron chi connectivity index (χ1n) is 20.2. The van der Waals surface area contributed by atoms with Gasteiger partial charge in [0.2, 0.25) is 11.8 Å². The molecule has 4 N–H and O–H groups in total. The maximum absolute atomic E-state index is 13.8. The number of aliphatic hydroxyl groups excluding tert-OH is 1. The van der Waals surface area contributed by atoms with Gasteiger partial charge in [0.25, 0.3) is 0 Å². The van der Waals surface area contributed by atoms with Gasteiger partial charge in [-0.05, 0) is 93.1 Å². The Morgan fingerprint density at radius 3 is 2.02 bits per heavy atom. The molecule has 11 heteroatoms. The van der Waals surface area contributed by atoms with E-state index in [0.29, 0.717) is 56.6 Å². The van der Waals surface area contributed by atoms with Crippen LogP contribution in [0.5, 0.6) is 5.75 Å². The van der Waals surface area contributed by atoms with E-state index in [1.54, 1.807) is 57.0 Å². The molecule has 1 heterocycles. The first-order chi connectivity index (χ1) is 27.9. The van der Waals surface area contributed by atoms with Crippen molar-refractivity contribution in [2.24, 2.45) is 5.92 Å². The topological polar surface area (TPSA) is 146 Å². The number of hydrogen-bond acceptors (Lipinski definition) is 8. The van der Waals surface area contributed by atoms with Gasteiger partial charge in [-0.25, -0.2) is 4.79 Å². The molecule has 0 saturated heterocycles. The summed E-state index contributed by atoms with van der Waals surface area (Å²) in [5, 5.41) is 20.6. The van der Waals surface area contributed by atoms with Crippen LogP contribution < -0.4 is 20.7 Å². The van der Waals surface area contributed by atoms with Crippen molar-refractivity contribution >= 4 is 23.7 Å². The minimum Gasteiger partial charge on any atom is -0.497 e. The fourth-order valence-corrected chi connectivity index (χ4v) is 7.28. The summed E-state index contributed by atoms with van der Waals surface area (Å²) in [4.78, 5) is 54.6. The monoisotopic (exact) mass is 790 g/mol. The van der Waals surface area contributed by atoms with E-state index in [0.717, 1.165) is 22.3 Å². The van der Waals surface area contributed by atoms with E-state index in [-0.39, 0.29) is 42.9 Å². The number of ether oxygens (including phenoxy) is 2. The highest BCUT2D eigenvalue weighted by molar-refractivity contribution is 5.98. The van der Waals surface area contributed by atoms with Gasteiger partial charge >= 0.3 is 6.09 Å². The number of benzene rings is 4. The zero-order valence-electron chi connectivity index (χ0n) is 34.1. The maximum Gasteiger partial charge on any atom is 0.407 e. The number of methoxy groups -OCH3 is 1. The van der Waals surface area contributed by atoms with Crippen molar-refractivity contribution in [1.29, 1.82) is 0 Å². The molecule has 5 rings (SSSR count). The van der Waals surface area contributed by atoms with E-state index < -0.39 is 29.9 Å². The Kier molecular flexibility index (Phi) is 16.0. The molecule has 3 amide bonds. The zero-order valence-corrected chi connectivity index (χ0v) is 34.1. The molecule has 58 heavy (non-hydrogen) atoms. The molecular weight excluding hydrogens is 733 g/mol. The molecule has 0 saturated carbocycles. The fraction of sp³-hybridized carbons (Fsp3) is 0.404. The van der Waals surface area contributed by atoms with E-state index >= 15 is 0 Å². The summed E-state index contributed by atoms with van der Waals surface area (Å²) in [7, 11) is 1.56. The number of nitrogens with zero attached hydrogens (tertiary/aromatic N) is 1. The Bertz CT molecular complexity index is 1890. The highest BCUT2D eigenvalue weighted by Gasteiger charge is 2.34. The summed E-state index contributed by atoms with van der Waals surface area (Å²) in [5.74, 6) is -0.422. The second-order valence-corrected chi connectivity index (χ2v) is 15.8. The number of aliphatic hydroxyl groups is 1. The number of rotatable bonds is 19. The summed E-state index contributed by atoms with van der Waals surface area (Å²) >= 11 is 0. The van der Waals surface area contributed by atoms with Gasteiger partial charge in [-0.1, -0.05) is 91.3 Å². The number of amides is 3. The summed E-state index contributed by atoms with van der Waals surface area (Å²) < 4.78 is 10.6. The Morgan fingerprint density at radius 2 is 1.40 bits per heavy atom. The van der Waals surface area contributed by atoms with Crippen LogP contribution in [0.3, 0.4) is 0 Å². The van der Waals surface area contributed by atoms with Gasteiger partial charge in [0.1, 0.15) is 17.6 Å². The number of Topliss-reactive ketones (excluding diaryl/α,β-unsaturated/α-hetero) is 1. The normalized spacial score (nSPS) is 14.9. The number of nitrogens with one attached hydrogen (secondary N) is 3. The molecule has 4 aromatic rings. The number of carbonyl (C=O) groups excluding carboxylic acids is 4. The molecule has 0 spiro atoms. The Labute approximate surface area is 342 Å². The molecule has 1 unspecified atom stereocenters. The van der Waals surface area contributed by atoms with Crippen LogP contribution in [-0.4, -0.2) is 78.3 Å². The van der Waals surface area contributed by atoms with Crippen LogP contribution >= 0.6 is 0 Å². The molecule has 0 aromatic heterocycles. The zero-order chi connectivity index (χ0) is 41.5. The van der Waals surface area contributed by atoms with E-state index in [1.807, 2.05) is 60.7 Å². The highest BCUT2D eigenvalue weighted by Crippen LogP contribution is 2.27. The first-order valence-corrected chi connectivity index (χ1v) is 20.2. The van der Waals surface area contributed by atoms with Crippen molar-refractivity contribution in [2.45, 2.75) is 89.6 Å². The first kappa shape index (κ1) is 43.6. The summed E-state index contributed by atoms with van der Waals surface area (Å²) in [6.45, 7) is 6.64. The van der Waals surface area contributed by atoms with Crippen LogP contribution in [0.15, 0.2) is 109 Å².